The SMILES string of the molecule is CCCCCCCCCCCCCCCC/C=C/C1CC(=O)N(CC(NC(CN2C(=O)CC(/C=C/CCCCCCCCCCCCCCCC)C2=O)N2CC2)N2CC2)C1=O. The van der Waals surface area contributed by atoms with Gasteiger partial charge in [-0.1, -0.05) is 205 Å². The normalized spacial score (nSPS) is 20.8. The van der Waals surface area contributed by atoms with E-state index in [-0.39, 0.29) is 73.7 Å². The molecule has 9 nitrogen and oxygen atoms in total. The van der Waals surface area contributed by atoms with Gasteiger partial charge in [0.1, 0.15) is 0 Å². The molecule has 4 atom stereocenters. The number of carbonyl (C=O) groups is 4. The van der Waals surface area contributed by atoms with Crippen LogP contribution in [0.5, 0.6) is 0 Å². The summed E-state index contributed by atoms with van der Waals surface area (Å²) in [5.41, 5.74) is 0. The van der Waals surface area contributed by atoms with Gasteiger partial charge in [-0.2, -0.15) is 0 Å². The summed E-state index contributed by atoms with van der Waals surface area (Å²) in [6.45, 7) is 8.73. The quantitative estimate of drug-likeness (QED) is 0.0284. The van der Waals surface area contributed by atoms with Crippen LogP contribution in [0.15, 0.2) is 24.3 Å². The fourth-order valence-corrected chi connectivity index (χ4v) is 9.39. The number of carbonyl (C=O) groups excluding carboxylic acids is 4. The van der Waals surface area contributed by atoms with E-state index in [0.717, 1.165) is 51.9 Å². The van der Waals surface area contributed by atoms with Crippen molar-refractivity contribution in [2.75, 3.05) is 39.3 Å². The van der Waals surface area contributed by atoms with E-state index in [1.165, 1.54) is 177 Å². The van der Waals surface area contributed by atoms with E-state index in [1.807, 2.05) is 12.2 Å². The lowest BCUT2D eigenvalue weighted by molar-refractivity contribution is -0.140. The molecular formula is C52H91N5O4. The number of likely N-dealkylation sites (tertiary alicyclic amines) is 2. The Kier molecular flexibility index (Phi) is 26.5. The third-order valence-electron chi connectivity index (χ3n) is 13.7. The molecule has 1 N–H and O–H groups in total. The highest BCUT2D eigenvalue weighted by Gasteiger charge is 2.44. The first-order valence-electron chi connectivity index (χ1n) is 26.2. The summed E-state index contributed by atoms with van der Waals surface area (Å²) in [5, 5.41) is 3.67. The topological polar surface area (TPSA) is 92.8 Å². The Morgan fingerprint density at radius 1 is 0.443 bits per heavy atom. The zero-order valence-electron chi connectivity index (χ0n) is 39.4. The summed E-state index contributed by atoms with van der Waals surface area (Å²) >= 11 is 0. The molecule has 4 heterocycles. The van der Waals surface area contributed by atoms with Gasteiger partial charge in [-0.3, -0.25) is 44.1 Å². The molecule has 4 rings (SSSR count). The van der Waals surface area contributed by atoms with E-state index in [9.17, 15) is 19.2 Å². The van der Waals surface area contributed by atoms with Crippen molar-refractivity contribution in [2.45, 2.75) is 232 Å². The Balaban J connectivity index is 1.07. The first-order chi connectivity index (χ1) is 29.9. The van der Waals surface area contributed by atoms with Crippen LogP contribution in [-0.2, 0) is 19.2 Å². The second-order valence-electron chi connectivity index (χ2n) is 19.2. The predicted octanol–water partition coefficient (Wildman–Crippen LogP) is 11.5. The standard InChI is InChI=1S/C52H91N5O4/c1-3-5-7-9-11-13-15-17-19-21-23-25-27-29-31-33-35-45-41-49(58)56(51(45)60)43-47(54-37-38-54)53-48(55-39-40-55)44-57-50(59)42-46(52(57)61)36-34-32-30-28-26-24-22-20-18-16-14-12-10-8-6-4-2/h33-36,45-48,53H,3-32,37-44H2,1-2H3/b35-33+,36-34+. The number of imide groups is 2. The van der Waals surface area contributed by atoms with Gasteiger partial charge in [-0.15, -0.1) is 0 Å². The van der Waals surface area contributed by atoms with E-state index >= 15 is 0 Å². The molecule has 348 valence electrons. The van der Waals surface area contributed by atoms with Crippen LogP contribution in [0, 0.1) is 11.8 Å². The molecule has 0 aromatic carbocycles. The summed E-state index contributed by atoms with van der Waals surface area (Å²) in [6, 6.07) is 0. The lowest BCUT2D eigenvalue weighted by Crippen LogP contribution is -2.56. The molecular weight excluding hydrogens is 759 g/mol. The summed E-state index contributed by atoms with van der Waals surface area (Å²) in [4.78, 5) is 60.6. The number of amides is 4. The van der Waals surface area contributed by atoms with Crippen molar-refractivity contribution in [2.24, 2.45) is 11.8 Å². The maximum absolute atomic E-state index is 13.5. The van der Waals surface area contributed by atoms with Gasteiger partial charge in [-0.25, -0.2) is 0 Å². The van der Waals surface area contributed by atoms with Gasteiger partial charge in [-0.05, 0) is 25.7 Å². The molecule has 4 fully saturated rings. The molecule has 9 heteroatoms. The fourth-order valence-electron chi connectivity index (χ4n) is 9.39. The average molecular weight is 850 g/mol. The molecule has 4 aliphatic heterocycles. The highest BCUT2D eigenvalue weighted by molar-refractivity contribution is 6.05. The van der Waals surface area contributed by atoms with Crippen LogP contribution in [0.1, 0.15) is 219 Å². The van der Waals surface area contributed by atoms with Gasteiger partial charge in [0.05, 0.1) is 37.3 Å². The van der Waals surface area contributed by atoms with Gasteiger partial charge in [0.2, 0.25) is 23.6 Å². The monoisotopic (exact) mass is 850 g/mol. The minimum absolute atomic E-state index is 0.104. The molecule has 4 unspecified atom stereocenters. The molecule has 0 bridgehead atoms. The Morgan fingerprint density at radius 2 is 0.721 bits per heavy atom. The van der Waals surface area contributed by atoms with Crippen molar-refractivity contribution in [3.05, 3.63) is 24.3 Å². The minimum Gasteiger partial charge on any atom is -0.284 e. The molecule has 0 aliphatic carbocycles. The van der Waals surface area contributed by atoms with Crippen LogP contribution < -0.4 is 5.32 Å². The largest absolute Gasteiger partial charge is 0.284 e. The maximum atomic E-state index is 13.5. The molecule has 0 spiro atoms. The van der Waals surface area contributed by atoms with Gasteiger partial charge >= 0.3 is 0 Å². The third-order valence-corrected chi connectivity index (χ3v) is 13.7. The van der Waals surface area contributed by atoms with Gasteiger partial charge in [0.25, 0.3) is 0 Å². The molecule has 0 radical (unpaired) electrons. The van der Waals surface area contributed by atoms with Gasteiger partial charge in [0, 0.05) is 39.0 Å². The Bertz CT molecular complexity index is 1200. The Labute approximate surface area is 373 Å². The summed E-state index contributed by atoms with van der Waals surface area (Å²) < 4.78 is 0. The zero-order valence-corrected chi connectivity index (χ0v) is 39.4. The van der Waals surface area contributed by atoms with E-state index in [0.29, 0.717) is 0 Å². The van der Waals surface area contributed by atoms with Gasteiger partial charge < -0.3 is 0 Å². The number of unbranched alkanes of at least 4 members (excludes halogenated alkanes) is 28. The smallest absolute Gasteiger partial charge is 0.236 e. The highest BCUT2D eigenvalue weighted by atomic mass is 16.2. The first-order valence-corrected chi connectivity index (χ1v) is 26.2. The lowest BCUT2D eigenvalue weighted by atomic mass is 10.0. The maximum Gasteiger partial charge on any atom is 0.236 e. The second-order valence-corrected chi connectivity index (χ2v) is 19.2. The van der Waals surface area contributed by atoms with Crippen LogP contribution in [0.4, 0.5) is 0 Å². The third kappa shape index (κ3) is 21.2. The lowest BCUT2D eigenvalue weighted by Gasteiger charge is -2.32. The molecule has 0 aromatic heterocycles. The highest BCUT2D eigenvalue weighted by Crippen LogP contribution is 2.26. The first kappa shape index (κ1) is 51.3. The van der Waals surface area contributed by atoms with Gasteiger partial charge in [0.15, 0.2) is 0 Å². The number of nitrogens with zero attached hydrogens (tertiary/aromatic N) is 4. The number of hydrogen-bond donors (Lipinski definition) is 1. The van der Waals surface area contributed by atoms with Crippen molar-refractivity contribution >= 4 is 23.6 Å². The molecule has 61 heavy (non-hydrogen) atoms. The molecule has 4 amide bonds. The predicted molar refractivity (Wildman–Crippen MR) is 252 cm³/mol. The van der Waals surface area contributed by atoms with E-state index in [4.69, 9.17) is 0 Å². The Hall–Kier alpha value is -2.36. The van der Waals surface area contributed by atoms with Crippen LogP contribution in [0.2, 0.25) is 0 Å². The summed E-state index contributed by atoms with van der Waals surface area (Å²) in [6.07, 6.45) is 47.7. The van der Waals surface area contributed by atoms with Crippen molar-refractivity contribution in [3.63, 3.8) is 0 Å². The average Bonchev–Trinajstić information content (AvgIpc) is 4.20. The van der Waals surface area contributed by atoms with Crippen LogP contribution in [-0.4, -0.2) is 94.8 Å². The summed E-state index contributed by atoms with van der Waals surface area (Å²) in [5.74, 6) is -1.18. The van der Waals surface area contributed by atoms with Crippen molar-refractivity contribution in [3.8, 4) is 0 Å². The number of nitrogens with one attached hydrogen (secondary N) is 1. The molecule has 4 aliphatic rings. The molecule has 0 aromatic rings. The Morgan fingerprint density at radius 3 is 1.00 bits per heavy atom. The van der Waals surface area contributed by atoms with Crippen LogP contribution in [0.25, 0.3) is 0 Å². The van der Waals surface area contributed by atoms with Crippen molar-refractivity contribution in [1.82, 2.24) is 24.9 Å². The fraction of sp³-hybridized carbons (Fsp3) is 0.846. The van der Waals surface area contributed by atoms with Crippen molar-refractivity contribution in [1.29, 1.82) is 0 Å². The summed E-state index contributed by atoms with van der Waals surface area (Å²) in [7, 11) is 0. The number of hydrogen-bond acceptors (Lipinski definition) is 7. The van der Waals surface area contributed by atoms with Crippen LogP contribution >= 0.6 is 0 Å². The van der Waals surface area contributed by atoms with E-state index < -0.39 is 0 Å². The van der Waals surface area contributed by atoms with E-state index in [1.54, 1.807) is 0 Å². The second kappa shape index (κ2) is 31.5. The van der Waals surface area contributed by atoms with Crippen LogP contribution in [0.3, 0.4) is 0 Å². The molecule has 0 saturated carbocycles. The van der Waals surface area contributed by atoms with E-state index in [2.05, 4.69) is 41.1 Å². The minimum atomic E-state index is -0.379. The van der Waals surface area contributed by atoms with Crippen molar-refractivity contribution < 1.29 is 19.2 Å². The number of rotatable bonds is 40. The molecule has 4 saturated heterocycles. The number of allylic oxidation sites excluding steroid dienone is 2. The zero-order chi connectivity index (χ0) is 43.3.